The fourth-order valence-electron chi connectivity index (χ4n) is 4.42. The van der Waals surface area contributed by atoms with Crippen molar-refractivity contribution in [2.75, 3.05) is 20.6 Å². The number of nitrogens with one attached hydrogen (secondary N) is 1. The molecule has 6 heteroatoms. The van der Waals surface area contributed by atoms with E-state index in [2.05, 4.69) is 37.6 Å². The van der Waals surface area contributed by atoms with Crippen LogP contribution in [0.2, 0.25) is 0 Å². The number of benzene rings is 1. The Morgan fingerprint density at radius 2 is 1.79 bits per heavy atom. The molecule has 0 aliphatic rings. The molecule has 0 saturated carbocycles. The molecular weight excluding hydrogens is 432 g/mol. The zero-order chi connectivity index (χ0) is 25.1. The average Bonchev–Trinajstić information content (AvgIpc) is 3.19. The van der Waals surface area contributed by atoms with Crippen molar-refractivity contribution in [3.05, 3.63) is 30.0 Å². The van der Waals surface area contributed by atoms with Crippen molar-refractivity contribution in [1.29, 1.82) is 0 Å². The maximum absolute atomic E-state index is 13.3. The summed E-state index contributed by atoms with van der Waals surface area (Å²) < 4.78 is 5.37. The number of carbonyl (C=O) groups excluding carboxylic acids is 2. The third-order valence-electron chi connectivity index (χ3n) is 8.24. The van der Waals surface area contributed by atoms with Gasteiger partial charge in [0.25, 0.3) is 0 Å². The van der Waals surface area contributed by atoms with Crippen LogP contribution in [0, 0.1) is 29.1 Å². The van der Waals surface area contributed by atoms with Gasteiger partial charge < -0.3 is 19.4 Å². The summed E-state index contributed by atoms with van der Waals surface area (Å²) in [4.78, 5) is 30.2. The highest BCUT2D eigenvalue weighted by Gasteiger charge is 2.45. The van der Waals surface area contributed by atoms with Crippen LogP contribution in [-0.4, -0.2) is 47.5 Å². The number of H-pyrrole nitrogens is 1. The molecule has 1 aromatic heterocycles. The number of rotatable bonds is 11. The first-order chi connectivity index (χ1) is 15.2. The van der Waals surface area contributed by atoms with E-state index >= 15 is 0 Å². The highest BCUT2D eigenvalue weighted by atomic mass is 32.1. The molecule has 1 aromatic carbocycles. The Morgan fingerprint density at radius 1 is 1.15 bits per heavy atom. The molecule has 5 unspecified atom stereocenters. The van der Waals surface area contributed by atoms with E-state index in [-0.39, 0.29) is 29.1 Å². The Hall–Kier alpha value is -1.79. The predicted molar refractivity (Wildman–Crippen MR) is 140 cm³/mol. The van der Waals surface area contributed by atoms with Crippen LogP contribution in [-0.2, 0) is 16.0 Å². The number of hydrogen-bond donors (Lipinski definition) is 2. The Labute approximate surface area is 205 Å². The van der Waals surface area contributed by atoms with Crippen LogP contribution >= 0.6 is 12.6 Å². The second-order valence-electron chi connectivity index (χ2n) is 10.7. The number of aromatic amines is 1. The lowest BCUT2D eigenvalue weighted by molar-refractivity contribution is -0.140. The molecule has 0 bridgehead atoms. The summed E-state index contributed by atoms with van der Waals surface area (Å²) in [6, 6.07) is 5.75. The van der Waals surface area contributed by atoms with Crippen LogP contribution < -0.4 is 4.74 Å². The van der Waals surface area contributed by atoms with E-state index in [4.69, 9.17) is 17.4 Å². The van der Waals surface area contributed by atoms with E-state index in [9.17, 15) is 9.59 Å². The zero-order valence-electron chi connectivity index (χ0n) is 21.7. The predicted octanol–water partition coefficient (Wildman–Crippen LogP) is 5.64. The summed E-state index contributed by atoms with van der Waals surface area (Å²) >= 11 is 4.99. The first-order valence-corrected chi connectivity index (χ1v) is 12.3. The van der Waals surface area contributed by atoms with Gasteiger partial charge in [0.1, 0.15) is 12.0 Å². The van der Waals surface area contributed by atoms with Gasteiger partial charge in [0.2, 0.25) is 0 Å². The van der Waals surface area contributed by atoms with E-state index in [1.165, 1.54) is 0 Å². The molecule has 0 fully saturated rings. The van der Waals surface area contributed by atoms with E-state index < -0.39 is 10.7 Å². The largest absolute Gasteiger partial charge is 0.426 e. The van der Waals surface area contributed by atoms with Crippen LogP contribution in [0.1, 0.15) is 54.0 Å². The van der Waals surface area contributed by atoms with Gasteiger partial charge in [-0.2, -0.15) is 12.6 Å². The maximum atomic E-state index is 13.3. The Bertz CT molecular complexity index is 963. The third kappa shape index (κ3) is 5.83. The molecule has 5 atom stereocenters. The van der Waals surface area contributed by atoms with Gasteiger partial charge in [0.05, 0.1) is 5.92 Å². The van der Waals surface area contributed by atoms with Crippen LogP contribution in [0.3, 0.4) is 0 Å². The number of thiol groups is 1. The monoisotopic (exact) mass is 474 g/mol. The lowest BCUT2D eigenvalue weighted by Crippen LogP contribution is -2.47. The number of aromatic nitrogens is 1. The van der Waals surface area contributed by atoms with E-state index in [1.807, 2.05) is 59.3 Å². The number of nitrogens with zero attached hydrogens (tertiary/aromatic N) is 1. The average molecular weight is 475 g/mol. The molecule has 5 nitrogen and oxygen atoms in total. The molecule has 33 heavy (non-hydrogen) atoms. The van der Waals surface area contributed by atoms with Crippen LogP contribution in [0.15, 0.2) is 24.4 Å². The molecule has 0 aliphatic carbocycles. The normalized spacial score (nSPS) is 17.9. The van der Waals surface area contributed by atoms with Crippen molar-refractivity contribution >= 4 is 35.8 Å². The van der Waals surface area contributed by atoms with Gasteiger partial charge >= 0.3 is 5.97 Å². The van der Waals surface area contributed by atoms with Crippen molar-refractivity contribution < 1.29 is 14.3 Å². The minimum absolute atomic E-state index is 0.0690. The second-order valence-corrected chi connectivity index (χ2v) is 11.7. The Morgan fingerprint density at radius 3 is 2.36 bits per heavy atom. The summed E-state index contributed by atoms with van der Waals surface area (Å²) in [5.74, 6) is -0.00649. The molecule has 2 aromatic rings. The first kappa shape index (κ1) is 27.5. The summed E-state index contributed by atoms with van der Waals surface area (Å²) in [5.41, 5.74) is 1.88. The maximum Gasteiger partial charge on any atom is 0.315 e. The third-order valence-corrected chi connectivity index (χ3v) is 9.04. The fraction of sp³-hybridized carbons (Fsp3) is 0.630. The molecule has 1 heterocycles. The fourth-order valence-corrected chi connectivity index (χ4v) is 4.75. The van der Waals surface area contributed by atoms with Gasteiger partial charge in [-0.1, -0.05) is 47.6 Å². The van der Waals surface area contributed by atoms with Crippen LogP contribution in [0.5, 0.6) is 5.75 Å². The standard InChI is InChI=1S/C27H42N2O3S/c1-17(16-30)26(5,6)18(2)19(3)27(7,33)20(4)25(31)32-23-12-10-11-22-24(23)21(15-28-22)13-14-29(8)9/h10-12,15-20,28,33H,13-14H2,1-9H3. The van der Waals surface area contributed by atoms with Gasteiger partial charge in [-0.3, -0.25) is 4.79 Å². The van der Waals surface area contributed by atoms with E-state index in [0.29, 0.717) is 5.75 Å². The smallest absolute Gasteiger partial charge is 0.315 e. The Balaban J connectivity index is 2.26. The van der Waals surface area contributed by atoms with Gasteiger partial charge in [-0.05, 0) is 62.4 Å². The minimum Gasteiger partial charge on any atom is -0.426 e. The number of aldehydes is 1. The van der Waals surface area contributed by atoms with Gasteiger partial charge in [-0.25, -0.2) is 0 Å². The van der Waals surface area contributed by atoms with Crippen LogP contribution in [0.4, 0.5) is 0 Å². The quantitative estimate of drug-likeness (QED) is 0.192. The van der Waals surface area contributed by atoms with Crippen molar-refractivity contribution in [2.45, 2.75) is 59.6 Å². The lowest BCUT2D eigenvalue weighted by Gasteiger charge is -2.46. The lowest BCUT2D eigenvalue weighted by atomic mass is 9.63. The zero-order valence-corrected chi connectivity index (χ0v) is 22.6. The number of hydrogen-bond acceptors (Lipinski definition) is 5. The summed E-state index contributed by atoms with van der Waals surface area (Å²) in [7, 11) is 4.09. The molecular formula is C27H42N2O3S. The molecule has 184 valence electrons. The summed E-state index contributed by atoms with van der Waals surface area (Å²) in [6.45, 7) is 15.2. The molecule has 0 radical (unpaired) electrons. The van der Waals surface area contributed by atoms with Gasteiger partial charge in [-0.15, -0.1) is 0 Å². The van der Waals surface area contributed by atoms with Gasteiger partial charge in [0.15, 0.2) is 0 Å². The SMILES string of the molecule is CC(C=O)C(C)(C)C(C)C(C)C(C)(S)C(C)C(=O)Oc1cccc2[nH]cc(CCN(C)C)c12. The summed E-state index contributed by atoms with van der Waals surface area (Å²) in [6.07, 6.45) is 3.87. The second kappa shape index (κ2) is 10.6. The van der Waals surface area contributed by atoms with Gasteiger partial charge in [0, 0.05) is 34.3 Å². The number of esters is 1. The van der Waals surface area contributed by atoms with E-state index in [1.54, 1.807) is 0 Å². The minimum atomic E-state index is -0.615. The Kier molecular flexibility index (Phi) is 8.86. The number of carbonyl (C=O) groups is 2. The first-order valence-electron chi connectivity index (χ1n) is 11.9. The van der Waals surface area contributed by atoms with Crippen LogP contribution in [0.25, 0.3) is 10.9 Å². The van der Waals surface area contributed by atoms with E-state index in [0.717, 1.165) is 35.7 Å². The number of fused-ring (bicyclic) bond motifs is 1. The molecule has 0 amide bonds. The highest BCUT2D eigenvalue weighted by Crippen LogP contribution is 2.46. The number of likely N-dealkylation sites (N-methyl/N-ethyl adjacent to an activating group) is 1. The molecule has 0 aliphatic heterocycles. The molecule has 0 spiro atoms. The molecule has 2 rings (SSSR count). The molecule has 1 N–H and O–H groups in total. The summed E-state index contributed by atoms with van der Waals surface area (Å²) in [5, 5.41) is 0.961. The topological polar surface area (TPSA) is 62.4 Å². The van der Waals surface area contributed by atoms with Crippen molar-refractivity contribution in [1.82, 2.24) is 9.88 Å². The van der Waals surface area contributed by atoms with Crippen molar-refractivity contribution in [2.24, 2.45) is 29.1 Å². The van der Waals surface area contributed by atoms with Crippen molar-refractivity contribution in [3.63, 3.8) is 0 Å². The number of ether oxygens (including phenoxy) is 1. The highest BCUT2D eigenvalue weighted by molar-refractivity contribution is 7.81. The van der Waals surface area contributed by atoms with Crippen molar-refractivity contribution in [3.8, 4) is 5.75 Å². The molecule has 0 saturated heterocycles.